The SMILES string of the molecule is O=C(Nc1ccc(C2(c3ccccc3)CC2)[nH]c1=S)c1ccc2c(c1)CN(C(=O)O)C2. The Morgan fingerprint density at radius 2 is 1.74 bits per heavy atom. The lowest BCUT2D eigenvalue weighted by Crippen LogP contribution is -2.22. The Bertz CT molecular complexity index is 1250. The molecule has 0 spiro atoms. The molecule has 1 aliphatic heterocycles. The maximum atomic E-state index is 12.8. The van der Waals surface area contributed by atoms with Crippen LogP contribution in [-0.2, 0) is 18.5 Å². The van der Waals surface area contributed by atoms with Gasteiger partial charge in [-0.15, -0.1) is 0 Å². The normalized spacial score (nSPS) is 15.9. The lowest BCUT2D eigenvalue weighted by Gasteiger charge is -2.17. The van der Waals surface area contributed by atoms with Gasteiger partial charge in [0.2, 0.25) is 0 Å². The summed E-state index contributed by atoms with van der Waals surface area (Å²) in [5.41, 5.74) is 5.13. The smallest absolute Gasteiger partial charge is 0.407 e. The van der Waals surface area contributed by atoms with Gasteiger partial charge in [-0.2, -0.15) is 0 Å². The van der Waals surface area contributed by atoms with E-state index >= 15 is 0 Å². The zero-order valence-electron chi connectivity index (χ0n) is 16.7. The number of anilines is 1. The highest BCUT2D eigenvalue weighted by Gasteiger charge is 2.46. The van der Waals surface area contributed by atoms with Gasteiger partial charge in [-0.1, -0.05) is 48.6 Å². The molecule has 1 aromatic heterocycles. The van der Waals surface area contributed by atoms with E-state index in [1.165, 1.54) is 10.5 Å². The highest BCUT2D eigenvalue weighted by atomic mass is 32.1. The highest BCUT2D eigenvalue weighted by molar-refractivity contribution is 7.71. The molecule has 2 aliphatic rings. The largest absolute Gasteiger partial charge is 0.465 e. The number of amides is 2. The van der Waals surface area contributed by atoms with E-state index in [0.29, 0.717) is 29.0 Å². The summed E-state index contributed by atoms with van der Waals surface area (Å²) in [7, 11) is 0. The van der Waals surface area contributed by atoms with Crippen molar-refractivity contribution in [3.8, 4) is 0 Å². The number of nitrogens with zero attached hydrogens (tertiary/aromatic N) is 1. The summed E-state index contributed by atoms with van der Waals surface area (Å²) in [5, 5.41) is 12.1. The van der Waals surface area contributed by atoms with Gasteiger partial charge in [0.15, 0.2) is 0 Å². The summed E-state index contributed by atoms with van der Waals surface area (Å²) >= 11 is 5.54. The van der Waals surface area contributed by atoms with Crippen LogP contribution in [0.4, 0.5) is 10.5 Å². The van der Waals surface area contributed by atoms with Gasteiger partial charge in [-0.05, 0) is 53.8 Å². The van der Waals surface area contributed by atoms with E-state index in [9.17, 15) is 14.7 Å². The molecular weight excluding hydrogens is 410 g/mol. The molecule has 2 amide bonds. The zero-order valence-corrected chi connectivity index (χ0v) is 17.5. The Morgan fingerprint density at radius 3 is 2.42 bits per heavy atom. The number of nitrogens with one attached hydrogen (secondary N) is 2. The minimum atomic E-state index is -0.961. The summed E-state index contributed by atoms with van der Waals surface area (Å²) in [6.45, 7) is 0.643. The molecule has 1 fully saturated rings. The molecule has 2 aromatic carbocycles. The number of carboxylic acid groups (broad SMARTS) is 1. The summed E-state index contributed by atoms with van der Waals surface area (Å²) in [5.74, 6) is -0.270. The van der Waals surface area contributed by atoms with Gasteiger partial charge >= 0.3 is 6.09 Å². The van der Waals surface area contributed by atoms with Crippen LogP contribution in [0.1, 0.15) is 45.6 Å². The molecule has 2 heterocycles. The van der Waals surface area contributed by atoms with Crippen LogP contribution >= 0.6 is 12.2 Å². The van der Waals surface area contributed by atoms with Crippen molar-refractivity contribution in [1.29, 1.82) is 0 Å². The van der Waals surface area contributed by atoms with Crippen molar-refractivity contribution in [2.75, 3.05) is 5.32 Å². The molecular formula is C24H21N3O3S. The van der Waals surface area contributed by atoms with Crippen LogP contribution in [0.2, 0.25) is 0 Å². The molecule has 156 valence electrons. The first kappa shape index (κ1) is 19.5. The molecule has 31 heavy (non-hydrogen) atoms. The van der Waals surface area contributed by atoms with E-state index in [-0.39, 0.29) is 11.3 Å². The van der Waals surface area contributed by atoms with Crippen LogP contribution in [0.25, 0.3) is 0 Å². The minimum Gasteiger partial charge on any atom is -0.465 e. The van der Waals surface area contributed by atoms with Crippen LogP contribution in [0.5, 0.6) is 0 Å². The van der Waals surface area contributed by atoms with Crippen LogP contribution in [-0.4, -0.2) is 27.0 Å². The van der Waals surface area contributed by atoms with Crippen molar-refractivity contribution < 1.29 is 14.7 Å². The van der Waals surface area contributed by atoms with Gasteiger partial charge in [0.25, 0.3) is 5.91 Å². The van der Waals surface area contributed by atoms with Crippen LogP contribution in [0, 0.1) is 4.64 Å². The molecule has 7 heteroatoms. The quantitative estimate of drug-likeness (QED) is 0.504. The van der Waals surface area contributed by atoms with Gasteiger partial charge in [-0.25, -0.2) is 4.79 Å². The second kappa shape index (κ2) is 7.35. The number of pyridine rings is 1. The third-order valence-corrected chi connectivity index (χ3v) is 6.53. The molecule has 5 rings (SSSR count). The number of carbonyl (C=O) groups excluding carboxylic acids is 1. The number of fused-ring (bicyclic) bond motifs is 1. The van der Waals surface area contributed by atoms with Crippen molar-refractivity contribution in [3.63, 3.8) is 0 Å². The van der Waals surface area contributed by atoms with E-state index < -0.39 is 6.09 Å². The number of hydrogen-bond acceptors (Lipinski definition) is 3. The highest BCUT2D eigenvalue weighted by Crippen LogP contribution is 2.52. The number of hydrogen-bond donors (Lipinski definition) is 3. The van der Waals surface area contributed by atoms with E-state index in [2.05, 4.69) is 22.4 Å². The maximum Gasteiger partial charge on any atom is 0.407 e. The predicted molar refractivity (Wildman–Crippen MR) is 120 cm³/mol. The molecule has 0 radical (unpaired) electrons. The lowest BCUT2D eigenvalue weighted by molar-refractivity contribution is 0.102. The topological polar surface area (TPSA) is 85.4 Å². The number of aromatic nitrogens is 1. The lowest BCUT2D eigenvalue weighted by atomic mass is 9.92. The summed E-state index contributed by atoms with van der Waals surface area (Å²) in [6.07, 6.45) is 1.17. The minimum absolute atomic E-state index is 0.0205. The van der Waals surface area contributed by atoms with Gasteiger partial charge < -0.3 is 15.4 Å². The Kier molecular flexibility index (Phi) is 4.63. The third-order valence-electron chi connectivity index (χ3n) is 6.21. The van der Waals surface area contributed by atoms with Gasteiger partial charge in [0.1, 0.15) is 4.64 Å². The van der Waals surface area contributed by atoms with Crippen molar-refractivity contribution in [2.45, 2.75) is 31.3 Å². The molecule has 6 nitrogen and oxygen atoms in total. The van der Waals surface area contributed by atoms with Gasteiger partial charge in [-0.3, -0.25) is 9.69 Å². The van der Waals surface area contributed by atoms with E-state index in [0.717, 1.165) is 29.7 Å². The van der Waals surface area contributed by atoms with E-state index in [4.69, 9.17) is 12.2 Å². The second-order valence-electron chi connectivity index (χ2n) is 8.14. The van der Waals surface area contributed by atoms with Crippen molar-refractivity contribution in [2.24, 2.45) is 0 Å². The van der Waals surface area contributed by atoms with Crippen molar-refractivity contribution >= 4 is 29.9 Å². The Balaban J connectivity index is 1.35. The summed E-state index contributed by atoms with van der Waals surface area (Å²) in [6, 6.07) is 19.5. The standard InChI is InChI=1S/C24H21N3O3S/c28-21(15-6-7-16-13-27(23(29)30)14-17(16)12-15)25-19-8-9-20(26-22(19)31)24(10-11-24)18-4-2-1-3-5-18/h1-9,12H,10-11,13-14H2,(H,25,28)(H,26,31)(H,29,30). The fourth-order valence-corrected chi connectivity index (χ4v) is 4.54. The second-order valence-corrected chi connectivity index (χ2v) is 8.55. The molecule has 1 saturated carbocycles. The monoisotopic (exact) mass is 431 g/mol. The van der Waals surface area contributed by atoms with E-state index in [1.54, 1.807) is 12.1 Å². The summed E-state index contributed by atoms with van der Waals surface area (Å²) < 4.78 is 0.492. The zero-order chi connectivity index (χ0) is 21.6. The molecule has 3 N–H and O–H groups in total. The van der Waals surface area contributed by atoms with Gasteiger partial charge in [0, 0.05) is 29.8 Å². The Hall–Kier alpha value is -3.45. The fourth-order valence-electron chi connectivity index (χ4n) is 4.31. The Morgan fingerprint density at radius 1 is 1.00 bits per heavy atom. The number of benzene rings is 2. The molecule has 0 unspecified atom stereocenters. The molecule has 0 saturated heterocycles. The maximum absolute atomic E-state index is 12.8. The first-order valence-electron chi connectivity index (χ1n) is 10.2. The fraction of sp³-hybridized carbons (Fsp3) is 0.208. The van der Waals surface area contributed by atoms with Crippen molar-refractivity contribution in [1.82, 2.24) is 9.88 Å². The van der Waals surface area contributed by atoms with Crippen LogP contribution in [0.15, 0.2) is 60.7 Å². The molecule has 0 bridgehead atoms. The summed E-state index contributed by atoms with van der Waals surface area (Å²) in [4.78, 5) is 28.6. The number of aromatic amines is 1. The Labute approximate surface area is 184 Å². The number of rotatable bonds is 4. The first-order valence-corrected chi connectivity index (χ1v) is 10.6. The number of carbonyl (C=O) groups is 2. The average Bonchev–Trinajstić information content (AvgIpc) is 3.47. The molecule has 1 aliphatic carbocycles. The first-order chi connectivity index (χ1) is 15.0. The van der Waals surface area contributed by atoms with Crippen LogP contribution < -0.4 is 5.32 Å². The van der Waals surface area contributed by atoms with Crippen LogP contribution in [0.3, 0.4) is 0 Å². The number of H-pyrrole nitrogens is 1. The third kappa shape index (κ3) is 3.51. The van der Waals surface area contributed by atoms with Gasteiger partial charge in [0.05, 0.1) is 5.69 Å². The molecule has 3 aromatic rings. The van der Waals surface area contributed by atoms with Crippen molar-refractivity contribution in [3.05, 3.63) is 93.3 Å². The predicted octanol–water partition coefficient (Wildman–Crippen LogP) is 5.07. The van der Waals surface area contributed by atoms with E-state index in [1.807, 2.05) is 36.4 Å². The average molecular weight is 432 g/mol. The molecule has 0 atom stereocenters.